The molecule has 0 bridgehead atoms. The minimum Gasteiger partial charge on any atom is -0.493 e. The van der Waals surface area contributed by atoms with Crippen molar-refractivity contribution >= 4 is 41.5 Å². The number of anilines is 1. The lowest BCUT2D eigenvalue weighted by Gasteiger charge is -2.30. The summed E-state index contributed by atoms with van der Waals surface area (Å²) in [5.41, 5.74) is 3.40. The van der Waals surface area contributed by atoms with Crippen LogP contribution in [0.2, 0.25) is 0 Å². The fourth-order valence-electron chi connectivity index (χ4n) is 3.87. The summed E-state index contributed by atoms with van der Waals surface area (Å²) in [7, 11) is 6.97. The maximum atomic E-state index is 12.9. The van der Waals surface area contributed by atoms with Crippen LogP contribution >= 0.6 is 24.0 Å². The molecule has 0 saturated heterocycles. The number of guanidine groups is 1. The van der Waals surface area contributed by atoms with Crippen molar-refractivity contribution < 1.29 is 14.3 Å². The monoisotopic (exact) mass is 552 g/mol. The van der Waals surface area contributed by atoms with Crippen molar-refractivity contribution in [2.45, 2.75) is 19.3 Å². The Morgan fingerprint density at radius 3 is 2.62 bits per heavy atom. The summed E-state index contributed by atoms with van der Waals surface area (Å²) >= 11 is 0. The number of nitrogens with zero attached hydrogens (tertiary/aromatic N) is 3. The summed E-state index contributed by atoms with van der Waals surface area (Å²) in [4.78, 5) is 21.1. The highest BCUT2D eigenvalue weighted by Gasteiger charge is 2.22. The zero-order valence-corrected chi connectivity index (χ0v) is 21.6. The molecule has 2 aromatic rings. The molecular formula is C24H33IN4O3. The molecule has 1 amide bonds. The van der Waals surface area contributed by atoms with Gasteiger partial charge in [-0.3, -0.25) is 9.79 Å². The lowest BCUT2D eigenvalue weighted by atomic mass is 10.0. The number of benzene rings is 2. The Hall–Kier alpha value is -2.49. The topological polar surface area (TPSA) is 66.4 Å². The van der Waals surface area contributed by atoms with Crippen molar-refractivity contribution in [3.05, 3.63) is 53.6 Å². The Labute approximate surface area is 207 Å². The third kappa shape index (κ3) is 6.27. The summed E-state index contributed by atoms with van der Waals surface area (Å²) < 4.78 is 10.7. The average Bonchev–Trinajstić information content (AvgIpc) is 2.82. The normalized spacial score (nSPS) is 13.0. The Balaban J connectivity index is 0.00000363. The van der Waals surface area contributed by atoms with Crippen LogP contribution in [0.4, 0.5) is 5.69 Å². The number of aryl methyl sites for hydroxylation is 1. The molecule has 0 aromatic heterocycles. The van der Waals surface area contributed by atoms with Crippen LogP contribution in [0.15, 0.2) is 47.5 Å². The van der Waals surface area contributed by atoms with E-state index in [9.17, 15) is 4.79 Å². The maximum Gasteiger partial charge on any atom is 0.246 e. The number of fused-ring (bicyclic) bond motifs is 1. The molecule has 0 atom stereocenters. The second kappa shape index (κ2) is 12.5. The molecule has 1 aliphatic rings. The molecule has 0 saturated carbocycles. The molecule has 1 N–H and O–H groups in total. The predicted octanol–water partition coefficient (Wildman–Crippen LogP) is 3.35. The molecule has 7 nitrogen and oxygen atoms in total. The van der Waals surface area contributed by atoms with Gasteiger partial charge in [0.05, 0.1) is 20.8 Å². The van der Waals surface area contributed by atoms with Crippen molar-refractivity contribution in [2.24, 2.45) is 4.99 Å². The van der Waals surface area contributed by atoms with E-state index in [0.29, 0.717) is 5.96 Å². The van der Waals surface area contributed by atoms with Gasteiger partial charge in [0.15, 0.2) is 17.5 Å². The first-order valence-electron chi connectivity index (χ1n) is 10.6. The van der Waals surface area contributed by atoms with E-state index in [-0.39, 0.29) is 36.4 Å². The molecule has 0 unspecified atom stereocenters. The second-order valence-electron chi connectivity index (χ2n) is 7.54. The molecular weight excluding hydrogens is 519 g/mol. The van der Waals surface area contributed by atoms with Crippen LogP contribution in [0.3, 0.4) is 0 Å². The predicted molar refractivity (Wildman–Crippen MR) is 140 cm³/mol. The molecule has 0 aliphatic carbocycles. The number of carbonyl (C=O) groups is 1. The molecule has 0 spiro atoms. The maximum absolute atomic E-state index is 12.9. The zero-order chi connectivity index (χ0) is 22.2. The number of amides is 1. The number of aliphatic imine (C=N–C) groups is 1. The number of halogens is 1. The summed E-state index contributed by atoms with van der Waals surface area (Å²) in [5, 5.41) is 3.21. The van der Waals surface area contributed by atoms with Crippen LogP contribution in [0, 0.1) is 0 Å². The van der Waals surface area contributed by atoms with E-state index in [1.54, 1.807) is 21.3 Å². The standard InChI is InChI=1S/C24H32N4O3.HI/c1-25-24(27(2)15-13-18-11-12-21(30-3)22(16-18)31-4)26-17-23(29)28-14-7-9-19-8-5-6-10-20(19)28;/h5-6,8,10-12,16H,7,9,13-15,17H2,1-4H3,(H,25,26);1H. The summed E-state index contributed by atoms with van der Waals surface area (Å²) in [6.45, 7) is 1.71. The first-order chi connectivity index (χ1) is 15.1. The van der Waals surface area contributed by atoms with E-state index in [0.717, 1.165) is 55.1 Å². The van der Waals surface area contributed by atoms with Crippen LogP contribution in [0.1, 0.15) is 17.5 Å². The van der Waals surface area contributed by atoms with Gasteiger partial charge in [-0.1, -0.05) is 24.3 Å². The molecule has 3 rings (SSSR count). The SMILES string of the molecule is CN=C(NCC(=O)N1CCCc2ccccc21)N(C)CCc1ccc(OC)c(OC)c1.I. The summed E-state index contributed by atoms with van der Waals surface area (Å²) in [6, 6.07) is 14.1. The van der Waals surface area contributed by atoms with Gasteiger partial charge in [-0.2, -0.15) is 0 Å². The highest BCUT2D eigenvalue weighted by Crippen LogP contribution is 2.28. The Morgan fingerprint density at radius 1 is 1.16 bits per heavy atom. The van der Waals surface area contributed by atoms with Crippen LogP contribution in [-0.4, -0.2) is 64.7 Å². The second-order valence-corrected chi connectivity index (χ2v) is 7.54. The van der Waals surface area contributed by atoms with Crippen LogP contribution in [-0.2, 0) is 17.6 Å². The van der Waals surface area contributed by atoms with Crippen molar-refractivity contribution in [3.63, 3.8) is 0 Å². The number of nitrogens with one attached hydrogen (secondary N) is 1. The van der Waals surface area contributed by atoms with Gasteiger partial charge in [0.25, 0.3) is 0 Å². The Morgan fingerprint density at radius 2 is 1.91 bits per heavy atom. The number of methoxy groups -OCH3 is 2. The first-order valence-corrected chi connectivity index (χ1v) is 10.6. The van der Waals surface area contributed by atoms with E-state index in [1.165, 1.54) is 5.56 Å². The van der Waals surface area contributed by atoms with Crippen LogP contribution < -0.4 is 19.7 Å². The summed E-state index contributed by atoms with van der Waals surface area (Å²) in [6.07, 6.45) is 2.82. The molecule has 8 heteroatoms. The minimum absolute atomic E-state index is 0. The number of hydrogen-bond acceptors (Lipinski definition) is 4. The van der Waals surface area contributed by atoms with Crippen molar-refractivity contribution in [1.29, 1.82) is 0 Å². The fourth-order valence-corrected chi connectivity index (χ4v) is 3.87. The molecule has 0 radical (unpaired) electrons. The van der Waals surface area contributed by atoms with Crippen molar-refractivity contribution in [3.8, 4) is 11.5 Å². The van der Waals surface area contributed by atoms with Crippen LogP contribution in [0.5, 0.6) is 11.5 Å². The Kier molecular flexibility index (Phi) is 10.1. The smallest absolute Gasteiger partial charge is 0.246 e. The third-order valence-corrected chi connectivity index (χ3v) is 5.57. The van der Waals surface area contributed by atoms with Gasteiger partial charge in [0.1, 0.15) is 0 Å². The van der Waals surface area contributed by atoms with Gasteiger partial charge in [0, 0.05) is 32.9 Å². The van der Waals surface area contributed by atoms with E-state index < -0.39 is 0 Å². The average molecular weight is 552 g/mol. The van der Waals surface area contributed by atoms with Gasteiger partial charge in [-0.15, -0.1) is 24.0 Å². The molecule has 32 heavy (non-hydrogen) atoms. The van der Waals surface area contributed by atoms with E-state index in [2.05, 4.69) is 16.4 Å². The van der Waals surface area contributed by atoms with Gasteiger partial charge in [-0.25, -0.2) is 0 Å². The van der Waals surface area contributed by atoms with Gasteiger partial charge in [0.2, 0.25) is 5.91 Å². The largest absolute Gasteiger partial charge is 0.493 e. The molecule has 2 aromatic carbocycles. The number of hydrogen-bond donors (Lipinski definition) is 1. The molecule has 1 heterocycles. The van der Waals surface area contributed by atoms with E-state index >= 15 is 0 Å². The molecule has 174 valence electrons. The first kappa shape index (κ1) is 25.8. The Bertz CT molecular complexity index is 935. The zero-order valence-electron chi connectivity index (χ0n) is 19.3. The molecule has 0 fully saturated rings. The highest BCUT2D eigenvalue weighted by atomic mass is 127. The van der Waals surface area contributed by atoms with Gasteiger partial charge in [-0.05, 0) is 48.6 Å². The minimum atomic E-state index is 0. The fraction of sp³-hybridized carbons (Fsp3) is 0.417. The van der Waals surface area contributed by atoms with Crippen molar-refractivity contribution in [1.82, 2.24) is 10.2 Å². The number of carbonyl (C=O) groups excluding carboxylic acids is 1. The third-order valence-electron chi connectivity index (χ3n) is 5.57. The quantitative estimate of drug-likeness (QED) is 0.325. The lowest BCUT2D eigenvalue weighted by Crippen LogP contribution is -2.46. The number of ether oxygens (including phenoxy) is 2. The van der Waals surface area contributed by atoms with Crippen LogP contribution in [0.25, 0.3) is 0 Å². The van der Waals surface area contributed by atoms with Gasteiger partial charge >= 0.3 is 0 Å². The summed E-state index contributed by atoms with van der Waals surface area (Å²) in [5.74, 6) is 2.19. The van der Waals surface area contributed by atoms with E-state index in [4.69, 9.17) is 9.47 Å². The highest BCUT2D eigenvalue weighted by molar-refractivity contribution is 14.0. The number of rotatable bonds is 7. The van der Waals surface area contributed by atoms with Gasteiger partial charge < -0.3 is 24.6 Å². The lowest BCUT2D eigenvalue weighted by molar-refractivity contribution is -0.117. The molecule has 1 aliphatic heterocycles. The number of para-hydroxylation sites is 1. The number of likely N-dealkylation sites (N-methyl/N-ethyl adjacent to an activating group) is 1. The van der Waals surface area contributed by atoms with E-state index in [1.807, 2.05) is 53.2 Å². The van der Waals surface area contributed by atoms with Crippen molar-refractivity contribution in [2.75, 3.05) is 52.8 Å².